The molecule has 2 amide bonds. The standard InChI is InChI=1S/C39H33N7O10S2.Na/c1-22-16-28(14-15-32(22)45-44-29-13-8-25-17-30(57(49,50)51)19-37(31(25)18-29)58(52,53)54)43-46-34-21-35(55-2)33(20-36(34)56-3)42-39(48)24-6-11-27(12-7-24)41-38(47)23-4-9-26(40)10-5-23;/h4-21H,40H2,1-3H3,(H,41,47)(H,42,48)(H,49,50,51)(H,52,53,54);/q;+1. The molecule has 6 N–H and O–H groups in total. The molecule has 6 aromatic rings. The fourth-order valence-corrected chi connectivity index (χ4v) is 6.89. The van der Waals surface area contributed by atoms with E-state index in [1.54, 1.807) is 85.8 Å². The molecule has 0 saturated heterocycles. The summed E-state index contributed by atoms with van der Waals surface area (Å²) in [5.74, 6) is -0.216. The van der Waals surface area contributed by atoms with Crippen molar-refractivity contribution in [1.29, 1.82) is 0 Å². The van der Waals surface area contributed by atoms with Crippen LogP contribution in [-0.4, -0.2) is 52.0 Å². The number of nitrogens with zero attached hydrogens (tertiary/aromatic N) is 4. The van der Waals surface area contributed by atoms with Crippen LogP contribution < -0.4 is 55.4 Å². The van der Waals surface area contributed by atoms with Gasteiger partial charge in [-0.05, 0) is 109 Å². The number of anilines is 3. The first-order valence-corrected chi connectivity index (χ1v) is 19.7. The van der Waals surface area contributed by atoms with E-state index in [2.05, 4.69) is 31.1 Å². The van der Waals surface area contributed by atoms with Gasteiger partial charge in [-0.2, -0.15) is 32.2 Å². The fourth-order valence-electron chi connectivity index (χ4n) is 5.54. The number of fused-ring (bicyclic) bond motifs is 1. The zero-order chi connectivity index (χ0) is 41.8. The van der Waals surface area contributed by atoms with Crippen LogP contribution in [0.1, 0.15) is 26.3 Å². The number of ether oxygens (including phenoxy) is 2. The van der Waals surface area contributed by atoms with E-state index in [9.17, 15) is 35.5 Å². The molecule has 0 aliphatic heterocycles. The maximum Gasteiger partial charge on any atom is 1.00 e. The number of rotatable bonds is 12. The Kier molecular flexibility index (Phi) is 13.6. The van der Waals surface area contributed by atoms with Gasteiger partial charge < -0.3 is 25.8 Å². The molecule has 6 aromatic carbocycles. The van der Waals surface area contributed by atoms with E-state index in [0.29, 0.717) is 56.9 Å². The summed E-state index contributed by atoms with van der Waals surface area (Å²) in [5.41, 5.74) is 9.79. The normalized spacial score (nSPS) is 11.7. The molecule has 0 saturated carbocycles. The van der Waals surface area contributed by atoms with Crippen molar-refractivity contribution in [2.75, 3.05) is 30.6 Å². The van der Waals surface area contributed by atoms with Crippen molar-refractivity contribution in [3.05, 3.63) is 126 Å². The summed E-state index contributed by atoms with van der Waals surface area (Å²) in [7, 11) is -6.78. The predicted octanol–water partition coefficient (Wildman–Crippen LogP) is 5.58. The molecule has 59 heavy (non-hydrogen) atoms. The van der Waals surface area contributed by atoms with E-state index < -0.39 is 35.9 Å². The largest absolute Gasteiger partial charge is 1.00 e. The maximum atomic E-state index is 13.2. The molecular formula is C39H33N7NaO10S2+. The Morgan fingerprint density at radius 1 is 0.627 bits per heavy atom. The van der Waals surface area contributed by atoms with Gasteiger partial charge in [-0.1, -0.05) is 6.07 Å². The molecule has 17 nitrogen and oxygen atoms in total. The summed E-state index contributed by atoms with van der Waals surface area (Å²) in [4.78, 5) is 24.3. The van der Waals surface area contributed by atoms with Crippen LogP contribution >= 0.6 is 0 Å². The summed E-state index contributed by atoms with van der Waals surface area (Å²) < 4.78 is 77.6. The number of methoxy groups -OCH3 is 2. The number of carbonyl (C=O) groups is 2. The SMILES string of the molecule is COc1cc(NC(=O)c2ccc(NC(=O)c3ccc(N)cc3)cc2)c(OC)cc1N=Nc1ccc(N=Nc2ccc3cc(S(=O)(=O)O)cc(S(=O)(=O)O)c3c2)c(C)c1.[Na+]. The Morgan fingerprint density at radius 2 is 1.20 bits per heavy atom. The van der Waals surface area contributed by atoms with Crippen LogP contribution in [0.25, 0.3) is 10.8 Å². The Bertz CT molecular complexity index is 2870. The van der Waals surface area contributed by atoms with Gasteiger partial charge in [-0.25, -0.2) is 0 Å². The van der Waals surface area contributed by atoms with E-state index in [1.165, 1.54) is 32.4 Å². The van der Waals surface area contributed by atoms with Crippen molar-refractivity contribution in [3.63, 3.8) is 0 Å². The number of amides is 2. The summed E-state index contributed by atoms with van der Waals surface area (Å²) in [5, 5.41) is 22.7. The molecule has 0 spiro atoms. The topological polar surface area (TPSA) is 261 Å². The van der Waals surface area contributed by atoms with Gasteiger partial charge >= 0.3 is 29.6 Å². The molecule has 0 fully saturated rings. The third-order valence-electron chi connectivity index (χ3n) is 8.50. The van der Waals surface area contributed by atoms with Crippen LogP contribution in [0.4, 0.5) is 39.8 Å². The van der Waals surface area contributed by atoms with Gasteiger partial charge in [0.1, 0.15) is 22.1 Å². The van der Waals surface area contributed by atoms with E-state index in [4.69, 9.17) is 15.2 Å². The molecule has 296 valence electrons. The number of benzene rings is 6. The van der Waals surface area contributed by atoms with Crippen molar-refractivity contribution in [3.8, 4) is 11.5 Å². The van der Waals surface area contributed by atoms with E-state index >= 15 is 0 Å². The number of carbonyl (C=O) groups excluding carboxylic acids is 2. The quantitative estimate of drug-likeness (QED) is 0.0439. The Balaban J connectivity index is 0.00000661. The van der Waals surface area contributed by atoms with Crippen molar-refractivity contribution >= 4 is 82.6 Å². The van der Waals surface area contributed by atoms with Crippen molar-refractivity contribution in [2.45, 2.75) is 16.7 Å². The minimum atomic E-state index is -4.88. The average Bonchev–Trinajstić information content (AvgIpc) is 3.19. The van der Waals surface area contributed by atoms with Crippen molar-refractivity contribution < 1.29 is 74.6 Å². The first-order valence-electron chi connectivity index (χ1n) is 16.8. The summed E-state index contributed by atoms with van der Waals surface area (Å²) in [6.07, 6.45) is 0. The van der Waals surface area contributed by atoms with Gasteiger partial charge in [-0.15, -0.1) is 5.11 Å². The number of azo groups is 2. The summed E-state index contributed by atoms with van der Waals surface area (Å²) >= 11 is 0. The van der Waals surface area contributed by atoms with Crippen molar-refractivity contribution in [2.24, 2.45) is 20.5 Å². The van der Waals surface area contributed by atoms with Gasteiger partial charge in [-0.3, -0.25) is 18.7 Å². The molecule has 6 rings (SSSR count). The predicted molar refractivity (Wildman–Crippen MR) is 216 cm³/mol. The van der Waals surface area contributed by atoms with Gasteiger partial charge in [0.25, 0.3) is 32.1 Å². The first-order chi connectivity index (χ1) is 27.5. The second-order valence-corrected chi connectivity index (χ2v) is 15.3. The molecule has 20 heteroatoms. The minimum absolute atomic E-state index is 0. The van der Waals surface area contributed by atoms with Crippen LogP contribution in [0, 0.1) is 6.92 Å². The summed E-state index contributed by atoms with van der Waals surface area (Å²) in [6, 6.07) is 26.7. The maximum absolute atomic E-state index is 13.2. The monoisotopic (exact) mass is 846 g/mol. The van der Waals surface area contributed by atoms with E-state index in [1.807, 2.05) is 0 Å². The Morgan fingerprint density at radius 3 is 1.80 bits per heavy atom. The van der Waals surface area contributed by atoms with E-state index in [-0.39, 0.29) is 63.4 Å². The van der Waals surface area contributed by atoms with Crippen LogP contribution in [-0.2, 0) is 20.2 Å². The molecule has 0 aliphatic rings. The molecule has 0 aliphatic carbocycles. The number of hydrogen-bond acceptors (Lipinski definition) is 13. The van der Waals surface area contributed by atoms with Crippen LogP contribution in [0.2, 0.25) is 0 Å². The third-order valence-corrected chi connectivity index (χ3v) is 10.2. The van der Waals surface area contributed by atoms with E-state index in [0.717, 1.165) is 6.07 Å². The second-order valence-electron chi connectivity index (χ2n) is 12.5. The number of hydrogen-bond donors (Lipinski definition) is 5. The van der Waals surface area contributed by atoms with Gasteiger partial charge in [0.05, 0.1) is 41.9 Å². The molecule has 0 atom stereocenters. The molecule has 0 bridgehead atoms. The fraction of sp³-hybridized carbons (Fsp3) is 0.0769. The number of aryl methyl sites for hydroxylation is 1. The van der Waals surface area contributed by atoms with Crippen molar-refractivity contribution in [1.82, 2.24) is 0 Å². The zero-order valence-electron chi connectivity index (χ0n) is 31.7. The van der Waals surface area contributed by atoms with Gasteiger partial charge in [0.2, 0.25) is 0 Å². The Labute approximate surface area is 360 Å². The molecule has 0 unspecified atom stereocenters. The third kappa shape index (κ3) is 10.7. The zero-order valence-corrected chi connectivity index (χ0v) is 35.4. The van der Waals surface area contributed by atoms with Gasteiger partial charge in [0, 0.05) is 40.0 Å². The first kappa shape index (κ1) is 44.1. The molecule has 0 radical (unpaired) electrons. The summed E-state index contributed by atoms with van der Waals surface area (Å²) in [6.45, 7) is 1.76. The second kappa shape index (κ2) is 18.2. The molecule has 0 heterocycles. The van der Waals surface area contributed by atoms with Crippen LogP contribution in [0.3, 0.4) is 0 Å². The average molecular weight is 847 g/mol. The molecular weight excluding hydrogens is 814 g/mol. The molecule has 0 aromatic heterocycles. The van der Waals surface area contributed by atoms with Gasteiger partial charge in [0.15, 0.2) is 0 Å². The number of nitrogens with one attached hydrogen (secondary N) is 2. The minimum Gasteiger partial charge on any atom is -0.494 e. The number of nitrogen functional groups attached to an aromatic ring is 1. The van der Waals surface area contributed by atoms with Crippen LogP contribution in [0.15, 0.2) is 139 Å². The van der Waals surface area contributed by atoms with Crippen LogP contribution in [0.5, 0.6) is 11.5 Å². The smallest absolute Gasteiger partial charge is 0.494 e. The Hall–Kier alpha value is -6.06. The number of nitrogens with two attached hydrogens (primary N) is 1.